The van der Waals surface area contributed by atoms with Crippen molar-refractivity contribution in [3.8, 4) is 17.2 Å². The largest absolute Gasteiger partial charge is 0.494 e. The van der Waals surface area contributed by atoms with Crippen LogP contribution in [0.25, 0.3) is 0 Å². The van der Waals surface area contributed by atoms with Gasteiger partial charge in [-0.3, -0.25) is 4.79 Å². The van der Waals surface area contributed by atoms with E-state index in [1.165, 1.54) is 6.08 Å². The molecule has 0 fully saturated rings. The normalized spacial score (nSPS) is 9.76. The molecule has 0 aliphatic heterocycles. The molecular weight excluding hydrogens is 266 g/mol. The molecule has 0 aliphatic carbocycles. The number of carbonyl (C=O) groups is 1. The summed E-state index contributed by atoms with van der Waals surface area (Å²) in [6, 6.07) is 14.5. The number of rotatable bonds is 6. The van der Waals surface area contributed by atoms with Crippen LogP contribution in [-0.2, 0) is 4.79 Å². The highest BCUT2D eigenvalue weighted by Crippen LogP contribution is 2.25. The fourth-order valence-corrected chi connectivity index (χ4v) is 1.71. The quantitative estimate of drug-likeness (QED) is 0.815. The van der Waals surface area contributed by atoms with Crippen LogP contribution in [0.3, 0.4) is 0 Å². The maximum absolute atomic E-state index is 11.2. The molecule has 0 saturated carbocycles. The first-order valence-electron chi connectivity index (χ1n) is 6.65. The maximum Gasteiger partial charge on any atom is 0.247 e. The molecule has 21 heavy (non-hydrogen) atoms. The minimum Gasteiger partial charge on any atom is -0.494 e. The predicted octanol–water partition coefficient (Wildman–Crippen LogP) is 4.00. The van der Waals surface area contributed by atoms with Gasteiger partial charge >= 0.3 is 0 Å². The van der Waals surface area contributed by atoms with Crippen molar-refractivity contribution in [3.05, 3.63) is 61.2 Å². The lowest BCUT2D eigenvalue weighted by Gasteiger charge is -2.08. The summed E-state index contributed by atoms with van der Waals surface area (Å²) in [5, 5.41) is 2.68. The van der Waals surface area contributed by atoms with Gasteiger partial charge in [0.15, 0.2) is 0 Å². The van der Waals surface area contributed by atoms with E-state index in [2.05, 4.69) is 11.9 Å². The third kappa shape index (κ3) is 4.38. The number of hydrogen-bond donors (Lipinski definition) is 1. The van der Waals surface area contributed by atoms with Crippen LogP contribution in [0, 0.1) is 0 Å². The summed E-state index contributed by atoms with van der Waals surface area (Å²) in [6.45, 7) is 5.98. The van der Waals surface area contributed by atoms with Crippen LogP contribution in [-0.4, -0.2) is 12.5 Å². The second-order valence-corrected chi connectivity index (χ2v) is 4.22. The van der Waals surface area contributed by atoms with Crippen molar-refractivity contribution in [2.45, 2.75) is 6.92 Å². The van der Waals surface area contributed by atoms with Crippen LogP contribution < -0.4 is 14.8 Å². The van der Waals surface area contributed by atoms with Crippen molar-refractivity contribution >= 4 is 11.6 Å². The molecule has 0 aromatic heterocycles. The zero-order valence-corrected chi connectivity index (χ0v) is 11.8. The average Bonchev–Trinajstić information content (AvgIpc) is 2.51. The van der Waals surface area contributed by atoms with Gasteiger partial charge in [-0.05, 0) is 61.5 Å². The summed E-state index contributed by atoms with van der Waals surface area (Å²) < 4.78 is 11.1. The van der Waals surface area contributed by atoms with E-state index in [9.17, 15) is 4.79 Å². The Morgan fingerprint density at radius 1 is 1.05 bits per heavy atom. The predicted molar refractivity (Wildman–Crippen MR) is 83.0 cm³/mol. The smallest absolute Gasteiger partial charge is 0.247 e. The SMILES string of the molecule is C=CC(=O)Nc1ccc(Oc2ccc(OCC)cc2)cc1. The van der Waals surface area contributed by atoms with E-state index >= 15 is 0 Å². The number of ether oxygens (including phenoxy) is 2. The van der Waals surface area contributed by atoms with Crippen LogP contribution in [0.15, 0.2) is 61.2 Å². The topological polar surface area (TPSA) is 47.6 Å². The maximum atomic E-state index is 11.2. The first kappa shape index (κ1) is 14.7. The van der Waals surface area contributed by atoms with E-state index in [4.69, 9.17) is 9.47 Å². The molecule has 0 unspecified atom stereocenters. The van der Waals surface area contributed by atoms with Gasteiger partial charge in [0.25, 0.3) is 0 Å². The molecule has 0 saturated heterocycles. The Bertz CT molecular complexity index is 603. The zero-order chi connectivity index (χ0) is 15.1. The zero-order valence-electron chi connectivity index (χ0n) is 11.8. The number of amides is 1. The molecular formula is C17H17NO3. The first-order valence-corrected chi connectivity index (χ1v) is 6.65. The van der Waals surface area contributed by atoms with Gasteiger partial charge in [-0.2, -0.15) is 0 Å². The summed E-state index contributed by atoms with van der Waals surface area (Å²) in [5.41, 5.74) is 0.693. The number of anilines is 1. The standard InChI is InChI=1S/C17H17NO3/c1-3-17(19)18-13-5-7-15(8-6-13)21-16-11-9-14(10-12-16)20-4-2/h3,5-12H,1,4H2,2H3,(H,18,19). The molecule has 1 amide bonds. The van der Waals surface area contributed by atoms with Gasteiger partial charge in [0.2, 0.25) is 5.91 Å². The first-order chi connectivity index (χ1) is 10.2. The van der Waals surface area contributed by atoms with Gasteiger partial charge in [-0.25, -0.2) is 0 Å². The van der Waals surface area contributed by atoms with E-state index in [0.717, 1.165) is 11.5 Å². The highest BCUT2D eigenvalue weighted by Gasteiger charge is 2.00. The number of benzene rings is 2. The van der Waals surface area contributed by atoms with Gasteiger partial charge in [-0.1, -0.05) is 6.58 Å². The van der Waals surface area contributed by atoms with Crippen molar-refractivity contribution < 1.29 is 14.3 Å². The molecule has 4 nitrogen and oxygen atoms in total. The van der Waals surface area contributed by atoms with E-state index in [1.807, 2.05) is 31.2 Å². The highest BCUT2D eigenvalue weighted by molar-refractivity contribution is 5.98. The molecule has 0 radical (unpaired) electrons. The van der Waals surface area contributed by atoms with Crippen molar-refractivity contribution in [1.82, 2.24) is 0 Å². The molecule has 0 bridgehead atoms. The molecule has 0 aliphatic rings. The summed E-state index contributed by atoms with van der Waals surface area (Å²) in [5.74, 6) is 1.99. The monoisotopic (exact) mass is 283 g/mol. The van der Waals surface area contributed by atoms with Gasteiger partial charge < -0.3 is 14.8 Å². The Morgan fingerprint density at radius 2 is 1.57 bits per heavy atom. The van der Waals surface area contributed by atoms with E-state index < -0.39 is 0 Å². The Balaban J connectivity index is 1.99. The van der Waals surface area contributed by atoms with Crippen LogP contribution in [0.4, 0.5) is 5.69 Å². The van der Waals surface area contributed by atoms with Gasteiger partial charge in [0.05, 0.1) is 6.61 Å². The third-order valence-corrected chi connectivity index (χ3v) is 2.68. The number of hydrogen-bond acceptors (Lipinski definition) is 3. The molecule has 108 valence electrons. The molecule has 0 heterocycles. The molecule has 2 rings (SSSR count). The Hall–Kier alpha value is -2.75. The molecule has 1 N–H and O–H groups in total. The molecule has 2 aromatic carbocycles. The molecule has 0 spiro atoms. The van der Waals surface area contributed by atoms with Crippen LogP contribution in [0.1, 0.15) is 6.92 Å². The third-order valence-electron chi connectivity index (χ3n) is 2.68. The van der Waals surface area contributed by atoms with Gasteiger partial charge in [0, 0.05) is 5.69 Å². The second kappa shape index (κ2) is 7.14. The lowest BCUT2D eigenvalue weighted by atomic mass is 10.3. The lowest BCUT2D eigenvalue weighted by molar-refractivity contribution is -0.111. The Kier molecular flexibility index (Phi) is 4.99. The van der Waals surface area contributed by atoms with Crippen molar-refractivity contribution in [2.75, 3.05) is 11.9 Å². The van der Waals surface area contributed by atoms with Gasteiger partial charge in [-0.15, -0.1) is 0 Å². The van der Waals surface area contributed by atoms with Crippen molar-refractivity contribution in [1.29, 1.82) is 0 Å². The van der Waals surface area contributed by atoms with Crippen LogP contribution in [0.2, 0.25) is 0 Å². The average molecular weight is 283 g/mol. The second-order valence-electron chi connectivity index (χ2n) is 4.22. The number of nitrogens with one attached hydrogen (secondary N) is 1. The highest BCUT2D eigenvalue weighted by atomic mass is 16.5. The van der Waals surface area contributed by atoms with Crippen molar-refractivity contribution in [3.63, 3.8) is 0 Å². The van der Waals surface area contributed by atoms with E-state index in [0.29, 0.717) is 18.0 Å². The van der Waals surface area contributed by atoms with E-state index in [1.54, 1.807) is 24.3 Å². The van der Waals surface area contributed by atoms with Crippen LogP contribution >= 0.6 is 0 Å². The van der Waals surface area contributed by atoms with Crippen LogP contribution in [0.5, 0.6) is 17.2 Å². The Morgan fingerprint density at radius 3 is 2.10 bits per heavy atom. The summed E-state index contributed by atoms with van der Waals surface area (Å²) in [6.07, 6.45) is 1.23. The van der Waals surface area contributed by atoms with E-state index in [-0.39, 0.29) is 5.91 Å². The minimum absolute atomic E-state index is 0.241. The van der Waals surface area contributed by atoms with Gasteiger partial charge in [0.1, 0.15) is 17.2 Å². The number of carbonyl (C=O) groups excluding carboxylic acids is 1. The molecule has 0 atom stereocenters. The van der Waals surface area contributed by atoms with Crippen molar-refractivity contribution in [2.24, 2.45) is 0 Å². The summed E-state index contributed by atoms with van der Waals surface area (Å²) in [4.78, 5) is 11.2. The summed E-state index contributed by atoms with van der Waals surface area (Å²) >= 11 is 0. The summed E-state index contributed by atoms with van der Waals surface area (Å²) in [7, 11) is 0. The molecule has 2 aromatic rings. The fraction of sp³-hybridized carbons (Fsp3) is 0.118. The fourth-order valence-electron chi connectivity index (χ4n) is 1.71. The minimum atomic E-state index is -0.241. The lowest BCUT2D eigenvalue weighted by Crippen LogP contribution is -2.06. The molecule has 4 heteroatoms. The Labute approximate surface area is 124 Å².